The monoisotopic (exact) mass is 542 g/mol. The highest BCUT2D eigenvalue weighted by Gasteiger charge is 2.30. The molecule has 0 aliphatic heterocycles. The first-order valence-electron chi connectivity index (χ1n) is 11.9. The molecule has 0 bridgehead atoms. The van der Waals surface area contributed by atoms with Crippen molar-refractivity contribution in [1.29, 1.82) is 0 Å². The number of carbonyl (C=O) groups excluding carboxylic acids is 2. The summed E-state index contributed by atoms with van der Waals surface area (Å²) in [4.78, 5) is 28.8. The molecule has 0 saturated heterocycles. The van der Waals surface area contributed by atoms with Crippen LogP contribution in [0.4, 0.5) is 0 Å². The molecule has 0 fully saturated rings. The number of rotatable bonds is 11. The van der Waals surface area contributed by atoms with Crippen molar-refractivity contribution in [2.45, 2.75) is 51.6 Å². The van der Waals surface area contributed by atoms with E-state index in [-0.39, 0.29) is 23.6 Å². The van der Waals surface area contributed by atoms with Crippen molar-refractivity contribution >= 4 is 46.8 Å². The Bertz CT molecular complexity index is 1170. The maximum atomic E-state index is 13.7. The number of amides is 2. The predicted octanol–water partition coefficient (Wildman–Crippen LogP) is 6.70. The van der Waals surface area contributed by atoms with Crippen LogP contribution in [0.15, 0.2) is 72.8 Å². The maximum Gasteiger partial charge on any atom is 0.243 e. The molecular weight excluding hydrogens is 511 g/mol. The Hall–Kier alpha value is -2.47. The van der Waals surface area contributed by atoms with Gasteiger partial charge in [-0.05, 0) is 49.6 Å². The molecule has 190 valence electrons. The Kier molecular flexibility index (Phi) is 10.7. The molecule has 0 aliphatic rings. The summed E-state index contributed by atoms with van der Waals surface area (Å²) in [6.07, 6.45) is 0.435. The zero-order valence-electron chi connectivity index (χ0n) is 20.8. The zero-order valence-corrected chi connectivity index (χ0v) is 23.2. The highest BCUT2D eigenvalue weighted by Crippen LogP contribution is 2.25. The number of hydrogen-bond donors (Lipinski definition) is 1. The molecular formula is C29H32Cl2N2O2S. The second-order valence-electron chi connectivity index (χ2n) is 9.11. The van der Waals surface area contributed by atoms with E-state index in [0.29, 0.717) is 28.8 Å². The summed E-state index contributed by atoms with van der Waals surface area (Å²) >= 11 is 13.8. The predicted molar refractivity (Wildman–Crippen MR) is 152 cm³/mol. The van der Waals surface area contributed by atoms with Gasteiger partial charge in [-0.1, -0.05) is 89.4 Å². The fourth-order valence-electron chi connectivity index (χ4n) is 3.91. The lowest BCUT2D eigenvalue weighted by atomic mass is 10.0. The Morgan fingerprint density at radius 2 is 1.67 bits per heavy atom. The molecule has 3 rings (SSSR count). The first-order valence-corrected chi connectivity index (χ1v) is 13.8. The van der Waals surface area contributed by atoms with Crippen molar-refractivity contribution < 1.29 is 9.59 Å². The molecule has 1 N–H and O–H groups in total. The highest BCUT2D eigenvalue weighted by molar-refractivity contribution is 7.99. The molecule has 36 heavy (non-hydrogen) atoms. The third-order valence-electron chi connectivity index (χ3n) is 5.64. The van der Waals surface area contributed by atoms with Gasteiger partial charge in [0.2, 0.25) is 11.8 Å². The number of thioether (sulfide) groups is 1. The van der Waals surface area contributed by atoms with Crippen LogP contribution in [0.2, 0.25) is 10.0 Å². The number of halogens is 2. The topological polar surface area (TPSA) is 49.4 Å². The molecule has 3 aromatic rings. The van der Waals surface area contributed by atoms with Crippen LogP contribution in [0.5, 0.6) is 0 Å². The molecule has 0 radical (unpaired) electrons. The molecule has 0 unspecified atom stereocenters. The molecule has 0 aliphatic carbocycles. The van der Waals surface area contributed by atoms with Gasteiger partial charge in [0.15, 0.2) is 0 Å². The van der Waals surface area contributed by atoms with Gasteiger partial charge in [0.1, 0.15) is 6.04 Å². The minimum absolute atomic E-state index is 0.0342. The Morgan fingerprint density at radius 3 is 2.33 bits per heavy atom. The Balaban J connectivity index is 1.85. The fourth-order valence-corrected chi connectivity index (χ4v) is 5.38. The normalized spacial score (nSPS) is 11.8. The number of nitrogens with one attached hydrogen (secondary N) is 1. The summed E-state index contributed by atoms with van der Waals surface area (Å²) in [5.41, 5.74) is 4.02. The van der Waals surface area contributed by atoms with E-state index in [9.17, 15) is 9.59 Å². The molecule has 7 heteroatoms. The molecule has 2 amide bonds. The summed E-state index contributed by atoms with van der Waals surface area (Å²) in [7, 11) is 0. The highest BCUT2D eigenvalue weighted by atomic mass is 35.5. The van der Waals surface area contributed by atoms with Crippen LogP contribution in [-0.4, -0.2) is 34.6 Å². The summed E-state index contributed by atoms with van der Waals surface area (Å²) in [6, 6.07) is 22.6. The van der Waals surface area contributed by atoms with E-state index in [1.54, 1.807) is 17.0 Å². The van der Waals surface area contributed by atoms with E-state index >= 15 is 0 Å². The van der Waals surface area contributed by atoms with Crippen LogP contribution < -0.4 is 5.32 Å². The maximum absolute atomic E-state index is 13.7. The lowest BCUT2D eigenvalue weighted by molar-refractivity contribution is -0.139. The molecule has 0 spiro atoms. The summed E-state index contributed by atoms with van der Waals surface area (Å²) < 4.78 is 0. The molecule has 0 saturated carbocycles. The average molecular weight is 544 g/mol. The molecule has 0 heterocycles. The van der Waals surface area contributed by atoms with E-state index < -0.39 is 6.04 Å². The Labute approximate surface area is 228 Å². The van der Waals surface area contributed by atoms with Gasteiger partial charge in [-0.15, -0.1) is 11.8 Å². The van der Waals surface area contributed by atoms with Crippen LogP contribution in [0.3, 0.4) is 0 Å². The van der Waals surface area contributed by atoms with Crippen LogP contribution in [0.25, 0.3) is 0 Å². The van der Waals surface area contributed by atoms with Crippen LogP contribution in [-0.2, 0) is 28.3 Å². The van der Waals surface area contributed by atoms with E-state index in [4.69, 9.17) is 23.2 Å². The molecule has 1 atom stereocenters. The van der Waals surface area contributed by atoms with Crippen molar-refractivity contribution in [2.75, 3.05) is 5.75 Å². The second kappa shape index (κ2) is 13.7. The third kappa shape index (κ3) is 8.58. The van der Waals surface area contributed by atoms with E-state index in [1.165, 1.54) is 11.8 Å². The van der Waals surface area contributed by atoms with Gasteiger partial charge in [0, 0.05) is 34.8 Å². The first kappa shape index (κ1) is 28.1. The minimum atomic E-state index is -0.637. The lowest BCUT2D eigenvalue weighted by Crippen LogP contribution is -2.52. The SMILES string of the molecule is Cc1cccc(CN(C(=O)CSCc2ccc(Cl)cc2Cl)[C@H](Cc2ccccc2)C(=O)NC(C)C)c1. The number of aryl methyl sites for hydroxylation is 1. The Morgan fingerprint density at radius 1 is 0.944 bits per heavy atom. The quantitative estimate of drug-likeness (QED) is 0.293. The van der Waals surface area contributed by atoms with Crippen molar-refractivity contribution in [3.05, 3.63) is 105 Å². The standard InChI is InChI=1S/C29H32Cl2N2O2S/c1-20(2)32-29(35)27(15-22-9-5-4-6-10-22)33(17-23-11-7-8-21(3)14-23)28(34)19-36-18-24-12-13-25(30)16-26(24)31/h4-14,16,20,27H,15,17-19H2,1-3H3,(H,32,35)/t27-/m1/s1. The summed E-state index contributed by atoms with van der Waals surface area (Å²) in [5.74, 6) is 0.555. The van der Waals surface area contributed by atoms with Crippen LogP contribution in [0, 0.1) is 6.92 Å². The smallest absolute Gasteiger partial charge is 0.243 e. The van der Waals surface area contributed by atoms with Crippen molar-refractivity contribution in [1.82, 2.24) is 10.2 Å². The largest absolute Gasteiger partial charge is 0.352 e. The zero-order chi connectivity index (χ0) is 26.1. The van der Waals surface area contributed by atoms with Gasteiger partial charge < -0.3 is 10.2 Å². The van der Waals surface area contributed by atoms with Gasteiger partial charge in [0.25, 0.3) is 0 Å². The summed E-state index contributed by atoms with van der Waals surface area (Å²) in [6.45, 7) is 6.23. The van der Waals surface area contributed by atoms with Gasteiger partial charge >= 0.3 is 0 Å². The lowest BCUT2D eigenvalue weighted by Gasteiger charge is -2.32. The van der Waals surface area contributed by atoms with Gasteiger partial charge in [-0.3, -0.25) is 9.59 Å². The van der Waals surface area contributed by atoms with Gasteiger partial charge in [0.05, 0.1) is 5.75 Å². The van der Waals surface area contributed by atoms with E-state index in [2.05, 4.69) is 11.4 Å². The van der Waals surface area contributed by atoms with E-state index in [1.807, 2.05) is 75.4 Å². The third-order valence-corrected chi connectivity index (χ3v) is 7.19. The number of hydrogen-bond acceptors (Lipinski definition) is 3. The van der Waals surface area contributed by atoms with Crippen molar-refractivity contribution in [3.63, 3.8) is 0 Å². The van der Waals surface area contributed by atoms with Gasteiger partial charge in [-0.25, -0.2) is 0 Å². The molecule has 4 nitrogen and oxygen atoms in total. The average Bonchev–Trinajstić information content (AvgIpc) is 2.83. The molecule has 0 aromatic heterocycles. The number of nitrogens with zero attached hydrogens (tertiary/aromatic N) is 1. The van der Waals surface area contributed by atoms with Gasteiger partial charge in [-0.2, -0.15) is 0 Å². The van der Waals surface area contributed by atoms with Crippen molar-refractivity contribution in [2.24, 2.45) is 0 Å². The minimum Gasteiger partial charge on any atom is -0.352 e. The van der Waals surface area contributed by atoms with E-state index in [0.717, 1.165) is 22.3 Å². The first-order chi connectivity index (χ1) is 17.2. The second-order valence-corrected chi connectivity index (χ2v) is 10.9. The summed E-state index contributed by atoms with van der Waals surface area (Å²) in [5, 5.41) is 4.18. The van der Waals surface area contributed by atoms with Crippen LogP contribution in [0.1, 0.15) is 36.1 Å². The van der Waals surface area contributed by atoms with Crippen LogP contribution >= 0.6 is 35.0 Å². The fraction of sp³-hybridized carbons (Fsp3) is 0.310. The molecule has 3 aromatic carbocycles. The number of carbonyl (C=O) groups is 2. The van der Waals surface area contributed by atoms with Crippen molar-refractivity contribution in [3.8, 4) is 0 Å². The number of benzene rings is 3.